The summed E-state index contributed by atoms with van der Waals surface area (Å²) in [7, 11) is 0. The van der Waals surface area contributed by atoms with E-state index in [9.17, 15) is 4.79 Å². The van der Waals surface area contributed by atoms with Crippen molar-refractivity contribution in [1.82, 2.24) is 15.3 Å². The quantitative estimate of drug-likeness (QED) is 0.905. The van der Waals surface area contributed by atoms with Crippen LogP contribution >= 0.6 is 23.2 Å². The fourth-order valence-corrected chi connectivity index (χ4v) is 2.01. The Balaban J connectivity index is 1.68. The third-order valence-electron chi connectivity index (χ3n) is 3.00. The summed E-state index contributed by atoms with van der Waals surface area (Å²) >= 11 is 11.8. The van der Waals surface area contributed by atoms with Gasteiger partial charge in [-0.3, -0.25) is 4.79 Å². The van der Waals surface area contributed by atoms with Gasteiger partial charge in [0, 0.05) is 24.1 Å². The van der Waals surface area contributed by atoms with Crippen molar-refractivity contribution in [2.45, 2.75) is 18.9 Å². The lowest BCUT2D eigenvalue weighted by Crippen LogP contribution is -2.25. The van der Waals surface area contributed by atoms with Gasteiger partial charge in [-0.25, -0.2) is 9.97 Å². The SMILES string of the molecule is O=C(NC1CC1)c1cnc(Nc2ccc(Cl)c(Cl)c2)nc1. The summed E-state index contributed by atoms with van der Waals surface area (Å²) < 4.78 is 0. The second kappa shape index (κ2) is 5.87. The molecular weight excluding hydrogens is 311 g/mol. The zero-order valence-electron chi connectivity index (χ0n) is 10.9. The molecule has 1 aromatic heterocycles. The molecule has 0 radical (unpaired) electrons. The molecule has 3 rings (SSSR count). The molecule has 0 spiro atoms. The maximum atomic E-state index is 11.8. The molecule has 1 aliphatic rings. The zero-order chi connectivity index (χ0) is 14.8. The number of nitrogens with one attached hydrogen (secondary N) is 2. The molecule has 21 heavy (non-hydrogen) atoms. The van der Waals surface area contributed by atoms with Crippen molar-refractivity contribution >= 4 is 40.7 Å². The van der Waals surface area contributed by atoms with E-state index < -0.39 is 0 Å². The first-order chi connectivity index (χ1) is 10.1. The first-order valence-electron chi connectivity index (χ1n) is 6.47. The van der Waals surface area contributed by atoms with Crippen LogP contribution in [0.2, 0.25) is 10.0 Å². The number of hydrogen-bond donors (Lipinski definition) is 2. The van der Waals surface area contributed by atoms with Crippen LogP contribution in [0.3, 0.4) is 0 Å². The number of aromatic nitrogens is 2. The molecule has 1 fully saturated rings. The Labute approximate surface area is 131 Å². The minimum absolute atomic E-state index is 0.140. The van der Waals surface area contributed by atoms with Crippen molar-refractivity contribution in [2.75, 3.05) is 5.32 Å². The molecule has 2 N–H and O–H groups in total. The second-order valence-electron chi connectivity index (χ2n) is 4.80. The molecule has 1 amide bonds. The normalized spacial score (nSPS) is 13.8. The Morgan fingerprint density at radius 3 is 2.48 bits per heavy atom. The minimum atomic E-state index is -0.140. The molecule has 1 saturated carbocycles. The van der Waals surface area contributed by atoms with Gasteiger partial charge in [0.1, 0.15) is 0 Å². The molecule has 1 aliphatic carbocycles. The Kier molecular flexibility index (Phi) is 3.94. The number of carbonyl (C=O) groups is 1. The predicted octanol–water partition coefficient (Wildman–Crippen LogP) is 3.42. The van der Waals surface area contributed by atoms with E-state index in [0.29, 0.717) is 27.6 Å². The van der Waals surface area contributed by atoms with Crippen molar-refractivity contribution in [3.8, 4) is 0 Å². The highest BCUT2D eigenvalue weighted by Gasteiger charge is 2.23. The second-order valence-corrected chi connectivity index (χ2v) is 5.61. The third-order valence-corrected chi connectivity index (χ3v) is 3.74. The van der Waals surface area contributed by atoms with Crippen LogP contribution in [0.5, 0.6) is 0 Å². The number of benzene rings is 1. The number of rotatable bonds is 4. The van der Waals surface area contributed by atoms with Gasteiger partial charge >= 0.3 is 0 Å². The summed E-state index contributed by atoms with van der Waals surface area (Å²) in [4.78, 5) is 20.0. The van der Waals surface area contributed by atoms with Crippen LogP contribution in [0.4, 0.5) is 11.6 Å². The van der Waals surface area contributed by atoms with Gasteiger partial charge < -0.3 is 10.6 Å². The number of anilines is 2. The van der Waals surface area contributed by atoms with Crippen molar-refractivity contribution in [1.29, 1.82) is 0 Å². The number of halogens is 2. The van der Waals surface area contributed by atoms with Gasteiger partial charge in [-0.15, -0.1) is 0 Å². The maximum absolute atomic E-state index is 11.8. The lowest BCUT2D eigenvalue weighted by molar-refractivity contribution is 0.0950. The number of nitrogens with zero attached hydrogens (tertiary/aromatic N) is 2. The van der Waals surface area contributed by atoms with Gasteiger partial charge in [0.2, 0.25) is 5.95 Å². The number of carbonyl (C=O) groups excluding carboxylic acids is 1. The molecule has 0 unspecified atom stereocenters. The monoisotopic (exact) mass is 322 g/mol. The summed E-state index contributed by atoms with van der Waals surface area (Å²) in [6.07, 6.45) is 5.07. The smallest absolute Gasteiger partial charge is 0.254 e. The van der Waals surface area contributed by atoms with E-state index in [-0.39, 0.29) is 5.91 Å². The molecule has 2 aromatic rings. The van der Waals surface area contributed by atoms with Crippen LogP contribution in [-0.2, 0) is 0 Å². The van der Waals surface area contributed by atoms with Crippen LogP contribution in [0.15, 0.2) is 30.6 Å². The minimum Gasteiger partial charge on any atom is -0.349 e. The average Bonchev–Trinajstić information content (AvgIpc) is 3.28. The van der Waals surface area contributed by atoms with E-state index in [1.165, 1.54) is 12.4 Å². The van der Waals surface area contributed by atoms with E-state index in [1.807, 2.05) is 0 Å². The topological polar surface area (TPSA) is 66.9 Å². The van der Waals surface area contributed by atoms with Gasteiger partial charge in [0.25, 0.3) is 5.91 Å². The molecule has 0 aliphatic heterocycles. The third kappa shape index (κ3) is 3.62. The molecule has 5 nitrogen and oxygen atoms in total. The number of hydrogen-bond acceptors (Lipinski definition) is 4. The molecule has 108 valence electrons. The highest BCUT2D eigenvalue weighted by atomic mass is 35.5. The summed E-state index contributed by atoms with van der Waals surface area (Å²) in [5, 5.41) is 6.80. The first kappa shape index (κ1) is 14.1. The Morgan fingerprint density at radius 1 is 1.14 bits per heavy atom. The fourth-order valence-electron chi connectivity index (χ4n) is 1.71. The Morgan fingerprint density at radius 2 is 1.86 bits per heavy atom. The van der Waals surface area contributed by atoms with Crippen molar-refractivity contribution in [3.05, 3.63) is 46.2 Å². The first-order valence-corrected chi connectivity index (χ1v) is 7.22. The van der Waals surface area contributed by atoms with Crippen molar-refractivity contribution in [3.63, 3.8) is 0 Å². The van der Waals surface area contributed by atoms with E-state index in [1.54, 1.807) is 18.2 Å². The van der Waals surface area contributed by atoms with E-state index in [2.05, 4.69) is 20.6 Å². The highest BCUT2D eigenvalue weighted by Crippen LogP contribution is 2.26. The molecular formula is C14H12Cl2N4O. The van der Waals surface area contributed by atoms with E-state index >= 15 is 0 Å². The maximum Gasteiger partial charge on any atom is 0.254 e. The van der Waals surface area contributed by atoms with Gasteiger partial charge in [-0.1, -0.05) is 23.2 Å². The van der Waals surface area contributed by atoms with Crippen LogP contribution in [0, 0.1) is 0 Å². The lowest BCUT2D eigenvalue weighted by atomic mass is 10.3. The van der Waals surface area contributed by atoms with E-state index in [0.717, 1.165) is 18.5 Å². The van der Waals surface area contributed by atoms with Crippen LogP contribution in [0.1, 0.15) is 23.2 Å². The van der Waals surface area contributed by atoms with Gasteiger partial charge in [0.15, 0.2) is 0 Å². The molecule has 1 aromatic carbocycles. The number of amides is 1. The summed E-state index contributed by atoms with van der Waals surface area (Å²) in [5.41, 5.74) is 1.17. The Hall–Kier alpha value is -1.85. The van der Waals surface area contributed by atoms with E-state index in [4.69, 9.17) is 23.2 Å². The van der Waals surface area contributed by atoms with Crippen LogP contribution in [-0.4, -0.2) is 21.9 Å². The molecule has 1 heterocycles. The molecule has 0 atom stereocenters. The zero-order valence-corrected chi connectivity index (χ0v) is 12.4. The summed E-state index contributed by atoms with van der Waals surface area (Å²) in [6.45, 7) is 0. The van der Waals surface area contributed by atoms with Gasteiger partial charge in [-0.05, 0) is 31.0 Å². The van der Waals surface area contributed by atoms with Gasteiger partial charge in [-0.2, -0.15) is 0 Å². The average molecular weight is 323 g/mol. The van der Waals surface area contributed by atoms with Crippen LogP contribution < -0.4 is 10.6 Å². The molecule has 0 bridgehead atoms. The van der Waals surface area contributed by atoms with Crippen molar-refractivity contribution < 1.29 is 4.79 Å². The largest absolute Gasteiger partial charge is 0.349 e. The molecule has 0 saturated heterocycles. The fraction of sp³-hybridized carbons (Fsp3) is 0.214. The Bertz CT molecular complexity index is 671. The highest BCUT2D eigenvalue weighted by molar-refractivity contribution is 6.42. The molecule has 7 heteroatoms. The summed E-state index contributed by atoms with van der Waals surface area (Å²) in [6, 6.07) is 5.45. The summed E-state index contributed by atoms with van der Waals surface area (Å²) in [5.74, 6) is 0.245. The van der Waals surface area contributed by atoms with Crippen LogP contribution in [0.25, 0.3) is 0 Å². The predicted molar refractivity (Wildman–Crippen MR) is 82.3 cm³/mol. The lowest BCUT2D eigenvalue weighted by Gasteiger charge is -2.07. The standard InChI is InChI=1S/C14H12Cl2N4O/c15-11-4-3-10(5-12(11)16)20-14-17-6-8(7-18-14)13(21)19-9-1-2-9/h3-7,9H,1-2H2,(H,19,21)(H,17,18,20). The van der Waals surface area contributed by atoms with Gasteiger partial charge in [0.05, 0.1) is 15.6 Å². The van der Waals surface area contributed by atoms with Crippen molar-refractivity contribution in [2.24, 2.45) is 0 Å².